The molecule has 3 aliphatic rings. The number of aryl methyl sites for hydroxylation is 1. The number of rotatable bonds is 6. The number of hydrogen-bond acceptors (Lipinski definition) is 4. The van der Waals surface area contributed by atoms with Crippen LogP contribution in [0, 0.1) is 6.92 Å². The fourth-order valence-electron chi connectivity index (χ4n) is 5.00. The van der Waals surface area contributed by atoms with Crippen LogP contribution in [0.4, 0.5) is 4.79 Å². The minimum absolute atomic E-state index is 0.0911. The van der Waals surface area contributed by atoms with Gasteiger partial charge in [-0.2, -0.15) is 0 Å². The van der Waals surface area contributed by atoms with Crippen molar-refractivity contribution in [3.8, 4) is 5.75 Å². The minimum Gasteiger partial charge on any atom is -0.490 e. The van der Waals surface area contributed by atoms with Crippen molar-refractivity contribution in [2.45, 2.75) is 64.5 Å². The number of urea groups is 1. The molecule has 1 aromatic carbocycles. The standard InChI is InChI=1S/C26H38N5O4/c1-17(2)20-11-10-18(3)14-21(20)35-16-19(32)15-31-22-23(28(4)26(34)29(5)24(22)33)27-25(31)30-12-8-6-7-9-13-30/h10-11,14,17,19,22,32H,6-9,12-13,15-16H2,1-5H3/q+1. The van der Waals surface area contributed by atoms with Crippen LogP contribution in [0.1, 0.15) is 56.6 Å². The number of amidine groups is 1. The van der Waals surface area contributed by atoms with Crippen molar-refractivity contribution in [1.82, 2.24) is 14.7 Å². The molecule has 1 N–H and O–H groups in total. The number of β-amino-alcohol motifs (C(OH)–C–C–N with tert-alkyl or cyclic N) is 1. The van der Waals surface area contributed by atoms with Gasteiger partial charge in [0.1, 0.15) is 18.5 Å². The topological polar surface area (TPSA) is 88.7 Å². The Kier molecular flexibility index (Phi) is 7.44. The molecule has 9 heteroatoms. The molecule has 1 aromatic rings. The highest BCUT2D eigenvalue weighted by Gasteiger charge is 2.55. The summed E-state index contributed by atoms with van der Waals surface area (Å²) in [4.78, 5) is 35.0. The number of aliphatic hydroxyl groups is 1. The largest absolute Gasteiger partial charge is 0.490 e. The van der Waals surface area contributed by atoms with Crippen LogP contribution in [0.3, 0.4) is 0 Å². The molecule has 0 spiro atoms. The number of carbonyl (C=O) groups is 2. The smallest absolute Gasteiger partial charge is 0.392 e. The number of aliphatic imine (C=N–C) groups is 1. The molecule has 3 aliphatic heterocycles. The van der Waals surface area contributed by atoms with Crippen molar-refractivity contribution in [3.63, 3.8) is 0 Å². The van der Waals surface area contributed by atoms with Crippen LogP contribution in [0.25, 0.3) is 0 Å². The second-order valence-electron chi connectivity index (χ2n) is 10.1. The summed E-state index contributed by atoms with van der Waals surface area (Å²) in [6.07, 6.45) is 3.57. The van der Waals surface area contributed by atoms with Gasteiger partial charge >= 0.3 is 12.0 Å². The van der Waals surface area contributed by atoms with E-state index in [-0.39, 0.29) is 19.1 Å². The molecule has 35 heavy (non-hydrogen) atoms. The van der Waals surface area contributed by atoms with Crippen molar-refractivity contribution in [2.24, 2.45) is 4.99 Å². The summed E-state index contributed by atoms with van der Waals surface area (Å²) >= 11 is 0. The molecule has 3 amide bonds. The third-order valence-corrected chi connectivity index (χ3v) is 7.03. The van der Waals surface area contributed by atoms with Crippen LogP contribution in [-0.2, 0) is 4.79 Å². The van der Waals surface area contributed by atoms with Gasteiger partial charge in [-0.05, 0) is 42.9 Å². The number of nitrogens with zero attached hydrogens (tertiary/aromatic N) is 5. The lowest BCUT2D eigenvalue weighted by molar-refractivity contribution is -0.531. The monoisotopic (exact) mass is 484 g/mol. The first-order valence-corrected chi connectivity index (χ1v) is 12.6. The maximum atomic E-state index is 13.2. The fourth-order valence-corrected chi connectivity index (χ4v) is 5.00. The number of fused-ring (bicyclic) bond motifs is 1. The van der Waals surface area contributed by atoms with E-state index in [1.54, 1.807) is 7.05 Å². The Morgan fingerprint density at radius 1 is 1.11 bits per heavy atom. The van der Waals surface area contributed by atoms with Gasteiger partial charge in [-0.15, -0.1) is 0 Å². The minimum atomic E-state index is -0.854. The highest BCUT2D eigenvalue weighted by atomic mass is 16.5. The van der Waals surface area contributed by atoms with Crippen LogP contribution in [0.2, 0.25) is 0 Å². The van der Waals surface area contributed by atoms with Crippen LogP contribution < -0.4 is 4.74 Å². The average molecular weight is 485 g/mol. The third-order valence-electron chi connectivity index (χ3n) is 7.03. The summed E-state index contributed by atoms with van der Waals surface area (Å²) in [6.45, 7) is 8.18. The van der Waals surface area contributed by atoms with Crippen molar-refractivity contribution in [3.05, 3.63) is 29.3 Å². The van der Waals surface area contributed by atoms with E-state index in [1.165, 1.54) is 11.9 Å². The molecule has 4 rings (SSSR count). The number of carbonyl (C=O) groups excluding carboxylic acids is 2. The Labute approximate surface area is 207 Å². The normalized spacial score (nSPS) is 22.0. The number of guanidine groups is 1. The van der Waals surface area contributed by atoms with E-state index in [9.17, 15) is 14.7 Å². The van der Waals surface area contributed by atoms with Gasteiger partial charge in [0.05, 0.1) is 19.6 Å². The number of likely N-dealkylation sites (N-methyl/N-ethyl adjacent to an activating group) is 2. The first kappa shape index (κ1) is 25.2. The van der Waals surface area contributed by atoms with E-state index >= 15 is 0 Å². The van der Waals surface area contributed by atoms with Gasteiger partial charge in [0, 0.05) is 14.1 Å². The zero-order valence-corrected chi connectivity index (χ0v) is 21.5. The zero-order valence-electron chi connectivity index (χ0n) is 21.5. The van der Waals surface area contributed by atoms with Crippen molar-refractivity contribution in [2.75, 3.05) is 40.3 Å². The number of amides is 3. The predicted octanol–water partition coefficient (Wildman–Crippen LogP) is 2.41. The molecule has 0 radical (unpaired) electrons. The average Bonchev–Trinajstić information content (AvgIpc) is 2.99. The van der Waals surface area contributed by atoms with E-state index in [0.717, 1.165) is 60.5 Å². The Hall–Kier alpha value is -2.94. The molecule has 2 saturated heterocycles. The van der Waals surface area contributed by atoms with Crippen LogP contribution in [0.5, 0.6) is 5.75 Å². The lowest BCUT2D eigenvalue weighted by Gasteiger charge is -2.33. The van der Waals surface area contributed by atoms with Crippen LogP contribution in [-0.4, -0.2) is 101 Å². The lowest BCUT2D eigenvalue weighted by Crippen LogP contribution is -2.63. The third kappa shape index (κ3) is 5.05. The Bertz CT molecular complexity index is 1040. The summed E-state index contributed by atoms with van der Waals surface area (Å²) in [5, 5.41) is 11.0. The molecule has 0 saturated carbocycles. The van der Waals surface area contributed by atoms with Crippen LogP contribution in [0.15, 0.2) is 23.2 Å². The number of ether oxygens (including phenoxy) is 1. The molecular formula is C26H38N5O4+. The van der Waals surface area contributed by atoms with Gasteiger partial charge in [0.15, 0.2) is 0 Å². The second kappa shape index (κ2) is 10.4. The number of imide groups is 1. The maximum absolute atomic E-state index is 13.2. The number of aliphatic hydroxyl groups excluding tert-OH is 1. The molecule has 9 nitrogen and oxygen atoms in total. The van der Waals surface area contributed by atoms with Gasteiger partial charge in [-0.25, -0.2) is 9.69 Å². The lowest BCUT2D eigenvalue weighted by atomic mass is 10.0. The summed E-state index contributed by atoms with van der Waals surface area (Å²) in [5.74, 6) is 1.82. The predicted molar refractivity (Wildman–Crippen MR) is 134 cm³/mol. The fraction of sp³-hybridized carbons (Fsp3) is 0.615. The summed E-state index contributed by atoms with van der Waals surface area (Å²) in [6, 6.07) is 4.99. The summed E-state index contributed by atoms with van der Waals surface area (Å²) < 4.78 is 8.27. The number of benzene rings is 1. The van der Waals surface area contributed by atoms with Gasteiger partial charge < -0.3 is 9.84 Å². The molecule has 0 aromatic heterocycles. The summed E-state index contributed by atoms with van der Waals surface area (Å²) in [5.41, 5.74) is 2.19. The van der Waals surface area contributed by atoms with E-state index < -0.39 is 18.2 Å². The second-order valence-corrected chi connectivity index (χ2v) is 10.1. The highest BCUT2D eigenvalue weighted by Crippen LogP contribution is 2.28. The molecule has 3 heterocycles. The van der Waals surface area contributed by atoms with Gasteiger partial charge in [-0.3, -0.25) is 19.2 Å². The van der Waals surface area contributed by atoms with Crippen molar-refractivity contribution < 1.29 is 24.0 Å². The molecule has 190 valence electrons. The molecule has 2 unspecified atom stereocenters. The molecular weight excluding hydrogens is 446 g/mol. The van der Waals surface area contributed by atoms with Crippen molar-refractivity contribution in [1.29, 1.82) is 0 Å². The highest BCUT2D eigenvalue weighted by molar-refractivity contribution is 6.25. The van der Waals surface area contributed by atoms with E-state index in [0.29, 0.717) is 17.7 Å². The first-order valence-electron chi connectivity index (χ1n) is 12.6. The van der Waals surface area contributed by atoms with Crippen LogP contribution >= 0.6 is 0 Å². The molecule has 0 bridgehead atoms. The Morgan fingerprint density at radius 2 is 1.80 bits per heavy atom. The van der Waals surface area contributed by atoms with Crippen molar-refractivity contribution >= 4 is 23.7 Å². The van der Waals surface area contributed by atoms with E-state index in [1.807, 2.05) is 17.9 Å². The first-order chi connectivity index (χ1) is 16.7. The SMILES string of the molecule is Cc1ccc(C(C)C)c(OCC(O)CN2C(=[N+]3CCCCCC3)N=C3C2C(=O)N(C)C(=O)N3C)c1. The Balaban J connectivity index is 1.59. The Morgan fingerprint density at radius 3 is 2.46 bits per heavy atom. The molecule has 2 atom stereocenters. The molecule has 0 aliphatic carbocycles. The van der Waals surface area contributed by atoms with Gasteiger partial charge in [0.2, 0.25) is 11.9 Å². The summed E-state index contributed by atoms with van der Waals surface area (Å²) in [7, 11) is 3.14. The maximum Gasteiger partial charge on any atom is 0.392 e. The van der Waals surface area contributed by atoms with Gasteiger partial charge in [0.25, 0.3) is 5.91 Å². The quantitative estimate of drug-likeness (QED) is 0.627. The zero-order chi connectivity index (χ0) is 25.3. The number of hydrogen-bond donors (Lipinski definition) is 1. The van der Waals surface area contributed by atoms with E-state index in [4.69, 9.17) is 9.73 Å². The molecule has 2 fully saturated rings. The van der Waals surface area contributed by atoms with Gasteiger partial charge in [-0.1, -0.05) is 43.8 Å². The van der Waals surface area contributed by atoms with E-state index in [2.05, 4.69) is 30.6 Å².